The number of rotatable bonds is 1. The van der Waals surface area contributed by atoms with E-state index in [2.05, 4.69) is 0 Å². The van der Waals surface area contributed by atoms with Gasteiger partial charge in [-0.15, -0.1) is 0 Å². The summed E-state index contributed by atoms with van der Waals surface area (Å²) in [5.74, 6) is 1.01. The van der Waals surface area contributed by atoms with Crippen molar-refractivity contribution in [3.8, 4) is 0 Å². The van der Waals surface area contributed by atoms with Gasteiger partial charge in [0.25, 0.3) is 0 Å². The quantitative estimate of drug-likeness (QED) is 0.413. The molecule has 4 heteroatoms. The minimum atomic E-state index is -0.683. The van der Waals surface area contributed by atoms with Gasteiger partial charge in [0.05, 0.1) is 13.2 Å². The van der Waals surface area contributed by atoms with Gasteiger partial charge in [-0.3, -0.25) is 0 Å². The highest BCUT2D eigenvalue weighted by Gasteiger charge is 2.86. The molecule has 6 unspecified atom stereocenters. The van der Waals surface area contributed by atoms with Gasteiger partial charge in [-0.05, 0) is 18.3 Å². The Balaban J connectivity index is 1.73. The smallest absolute Gasteiger partial charge is 0.343 e. The Morgan fingerprint density at radius 3 is 3.08 bits per heavy atom. The predicted octanol–water partition coefficient (Wildman–Crippen LogP) is -0.286. The molecule has 0 aromatic heterocycles. The van der Waals surface area contributed by atoms with Crippen molar-refractivity contribution in [2.75, 3.05) is 7.11 Å². The number of methoxy groups -OCH3 is 1. The van der Waals surface area contributed by atoms with Crippen molar-refractivity contribution in [1.29, 1.82) is 0 Å². The Morgan fingerprint density at radius 2 is 2.31 bits per heavy atom. The maximum atomic E-state index is 11.5. The van der Waals surface area contributed by atoms with E-state index in [1.807, 2.05) is 0 Å². The molecular formula is C9H10O4. The van der Waals surface area contributed by atoms with Crippen molar-refractivity contribution in [3.63, 3.8) is 0 Å². The summed E-state index contributed by atoms with van der Waals surface area (Å²) in [6, 6.07) is 0. The summed E-state index contributed by atoms with van der Waals surface area (Å²) < 4.78 is 15.8. The molecule has 4 aliphatic rings. The average molecular weight is 182 g/mol. The second-order valence-electron chi connectivity index (χ2n) is 4.41. The highest BCUT2D eigenvalue weighted by molar-refractivity contribution is 5.86. The van der Waals surface area contributed by atoms with E-state index in [9.17, 15) is 4.79 Å². The summed E-state index contributed by atoms with van der Waals surface area (Å²) in [7, 11) is 1.41. The van der Waals surface area contributed by atoms with Crippen LogP contribution in [0, 0.1) is 11.8 Å². The topological polar surface area (TPSA) is 51.4 Å². The van der Waals surface area contributed by atoms with Crippen LogP contribution < -0.4 is 0 Å². The van der Waals surface area contributed by atoms with Crippen LogP contribution in [0.25, 0.3) is 0 Å². The van der Waals surface area contributed by atoms with Crippen LogP contribution >= 0.6 is 0 Å². The summed E-state index contributed by atoms with van der Waals surface area (Å²) in [4.78, 5) is 11.5. The largest absolute Gasteiger partial charge is 0.467 e. The monoisotopic (exact) mass is 182 g/mol. The first-order valence-electron chi connectivity index (χ1n) is 4.70. The van der Waals surface area contributed by atoms with Crippen LogP contribution in [0.5, 0.6) is 0 Å². The number of carbonyl (C=O) groups excluding carboxylic acids is 1. The van der Waals surface area contributed by atoms with E-state index in [1.54, 1.807) is 0 Å². The molecule has 13 heavy (non-hydrogen) atoms. The predicted molar refractivity (Wildman–Crippen MR) is 39.9 cm³/mol. The van der Waals surface area contributed by atoms with Crippen molar-refractivity contribution in [3.05, 3.63) is 0 Å². The maximum absolute atomic E-state index is 11.5. The molecule has 4 nitrogen and oxygen atoms in total. The summed E-state index contributed by atoms with van der Waals surface area (Å²) in [5.41, 5.74) is -0.683. The van der Waals surface area contributed by atoms with Gasteiger partial charge in [0.15, 0.2) is 0 Å². The molecule has 70 valence electrons. The fourth-order valence-corrected chi connectivity index (χ4v) is 3.01. The van der Waals surface area contributed by atoms with Gasteiger partial charge in [0.2, 0.25) is 5.60 Å². The highest BCUT2D eigenvalue weighted by atomic mass is 16.7. The van der Waals surface area contributed by atoms with Crippen molar-refractivity contribution >= 4 is 5.97 Å². The Kier molecular flexibility index (Phi) is 0.856. The lowest BCUT2D eigenvalue weighted by atomic mass is 9.89. The molecule has 0 bridgehead atoms. The van der Waals surface area contributed by atoms with E-state index in [1.165, 1.54) is 13.5 Å². The van der Waals surface area contributed by atoms with Gasteiger partial charge >= 0.3 is 5.97 Å². The normalized spacial score (nSPS) is 64.2. The van der Waals surface area contributed by atoms with E-state index in [4.69, 9.17) is 14.2 Å². The molecule has 4 rings (SSSR count). The number of carbonyl (C=O) groups is 1. The molecular weight excluding hydrogens is 172 g/mol. The van der Waals surface area contributed by atoms with Crippen LogP contribution in [0.15, 0.2) is 0 Å². The third-order valence-corrected chi connectivity index (χ3v) is 3.84. The standard InChI is InChI=1S/C9H10O4/c1-11-8(10)9-6(13-9)4-2-3(4)5-7(9)12-5/h3-7H,2H2,1H3. The lowest BCUT2D eigenvalue weighted by Gasteiger charge is -2.09. The Bertz CT molecular complexity index is 305. The van der Waals surface area contributed by atoms with Gasteiger partial charge in [-0.1, -0.05) is 0 Å². The van der Waals surface area contributed by atoms with Crippen molar-refractivity contribution < 1.29 is 19.0 Å². The van der Waals surface area contributed by atoms with Gasteiger partial charge in [-0.25, -0.2) is 4.79 Å². The zero-order valence-corrected chi connectivity index (χ0v) is 7.23. The fourth-order valence-electron chi connectivity index (χ4n) is 3.01. The summed E-state index contributed by atoms with van der Waals surface area (Å²) in [5, 5.41) is 0. The van der Waals surface area contributed by atoms with Crippen LogP contribution in [0.4, 0.5) is 0 Å². The number of epoxide rings is 2. The van der Waals surface area contributed by atoms with Gasteiger partial charge in [0, 0.05) is 0 Å². The van der Waals surface area contributed by atoms with Gasteiger partial charge < -0.3 is 14.2 Å². The molecule has 4 fully saturated rings. The third kappa shape index (κ3) is 0.559. The second-order valence-corrected chi connectivity index (χ2v) is 4.41. The van der Waals surface area contributed by atoms with Gasteiger partial charge in [-0.2, -0.15) is 0 Å². The van der Waals surface area contributed by atoms with E-state index < -0.39 is 5.60 Å². The Labute approximate surface area is 75.1 Å². The van der Waals surface area contributed by atoms with Crippen LogP contribution in [0.2, 0.25) is 0 Å². The molecule has 2 aliphatic carbocycles. The molecule has 6 atom stereocenters. The number of hydrogen-bond acceptors (Lipinski definition) is 4. The number of hydrogen-bond donors (Lipinski definition) is 0. The van der Waals surface area contributed by atoms with Crippen molar-refractivity contribution in [1.82, 2.24) is 0 Å². The minimum absolute atomic E-state index is 0.00806. The molecule has 0 amide bonds. The average Bonchev–Trinajstić information content (AvgIpc) is 2.97. The Morgan fingerprint density at radius 1 is 1.46 bits per heavy atom. The minimum Gasteiger partial charge on any atom is -0.467 e. The van der Waals surface area contributed by atoms with Crippen molar-refractivity contribution in [2.45, 2.75) is 30.3 Å². The molecule has 2 saturated heterocycles. The van der Waals surface area contributed by atoms with Gasteiger partial charge in [0.1, 0.15) is 12.2 Å². The van der Waals surface area contributed by atoms with E-state index in [0.717, 1.165) is 0 Å². The number of esters is 1. The molecule has 2 aliphatic heterocycles. The summed E-state index contributed by atoms with van der Waals surface area (Å²) >= 11 is 0. The van der Waals surface area contributed by atoms with Crippen LogP contribution in [0.1, 0.15) is 6.42 Å². The molecule has 2 heterocycles. The van der Waals surface area contributed by atoms with Crippen LogP contribution in [0.3, 0.4) is 0 Å². The lowest BCUT2D eigenvalue weighted by Crippen LogP contribution is -2.39. The SMILES string of the molecule is COC(=O)C12OC1C1CC1C1OC12. The summed E-state index contributed by atoms with van der Waals surface area (Å²) in [6.07, 6.45) is 1.58. The zero-order valence-electron chi connectivity index (χ0n) is 7.23. The zero-order chi connectivity index (χ0) is 8.79. The van der Waals surface area contributed by atoms with E-state index in [0.29, 0.717) is 17.9 Å². The lowest BCUT2D eigenvalue weighted by molar-refractivity contribution is -0.147. The van der Waals surface area contributed by atoms with E-state index >= 15 is 0 Å². The second kappa shape index (κ2) is 1.64. The number of ether oxygens (including phenoxy) is 3. The molecule has 0 radical (unpaired) electrons. The molecule has 0 spiro atoms. The first kappa shape index (κ1) is 6.79. The fraction of sp³-hybridized carbons (Fsp3) is 0.889. The first-order chi connectivity index (χ1) is 6.29. The number of fused-ring (bicyclic) bond motifs is 6. The Hall–Kier alpha value is -0.610. The third-order valence-electron chi connectivity index (χ3n) is 3.84. The molecule has 0 N–H and O–H groups in total. The van der Waals surface area contributed by atoms with E-state index in [-0.39, 0.29) is 18.2 Å². The molecule has 0 aromatic carbocycles. The summed E-state index contributed by atoms with van der Waals surface area (Å²) in [6.45, 7) is 0. The van der Waals surface area contributed by atoms with Crippen LogP contribution in [-0.4, -0.2) is 37.0 Å². The molecule has 2 saturated carbocycles. The van der Waals surface area contributed by atoms with Crippen molar-refractivity contribution in [2.24, 2.45) is 11.8 Å². The first-order valence-corrected chi connectivity index (χ1v) is 4.70. The van der Waals surface area contributed by atoms with Crippen LogP contribution in [-0.2, 0) is 19.0 Å². The highest BCUT2D eigenvalue weighted by Crippen LogP contribution is 2.70. The molecule has 0 aromatic rings. The maximum Gasteiger partial charge on any atom is 0.343 e.